The molecule has 1 N–H and O–H groups in total. The predicted octanol–water partition coefficient (Wildman–Crippen LogP) is 3.08. The van der Waals surface area contributed by atoms with Crippen molar-refractivity contribution in [3.63, 3.8) is 0 Å². The van der Waals surface area contributed by atoms with Crippen LogP contribution < -0.4 is 5.32 Å². The van der Waals surface area contributed by atoms with Crippen molar-refractivity contribution in [1.82, 2.24) is 9.55 Å². The maximum absolute atomic E-state index is 5.02. The zero-order chi connectivity index (χ0) is 12.8. The molecule has 0 fully saturated rings. The Bertz CT molecular complexity index is 481. The predicted molar refractivity (Wildman–Crippen MR) is 76.2 cm³/mol. The standard InChI is InChI=1S/C13H16BrN3O/c1-18-10-2-7-15-13-16-8-9-17(13)12-5-3-11(14)4-6-12/h3-6,8-9H,2,7,10H2,1H3,(H,15,16). The fraction of sp³-hybridized carbons (Fsp3) is 0.308. The van der Waals surface area contributed by atoms with Crippen LogP contribution in [0.1, 0.15) is 6.42 Å². The van der Waals surface area contributed by atoms with Crippen LogP contribution in [-0.2, 0) is 4.74 Å². The van der Waals surface area contributed by atoms with Crippen molar-refractivity contribution in [3.8, 4) is 5.69 Å². The smallest absolute Gasteiger partial charge is 0.207 e. The van der Waals surface area contributed by atoms with Gasteiger partial charge in [-0.3, -0.25) is 4.57 Å². The SMILES string of the molecule is COCCCNc1nccn1-c1ccc(Br)cc1. The van der Waals surface area contributed by atoms with Crippen LogP contribution in [0.15, 0.2) is 41.1 Å². The van der Waals surface area contributed by atoms with E-state index in [2.05, 4.69) is 26.2 Å². The van der Waals surface area contributed by atoms with Gasteiger partial charge in [-0.15, -0.1) is 0 Å². The van der Waals surface area contributed by atoms with E-state index in [1.54, 1.807) is 13.3 Å². The number of methoxy groups -OCH3 is 1. The summed E-state index contributed by atoms with van der Waals surface area (Å²) in [4.78, 5) is 4.31. The van der Waals surface area contributed by atoms with Gasteiger partial charge in [0.15, 0.2) is 0 Å². The van der Waals surface area contributed by atoms with E-state index < -0.39 is 0 Å². The van der Waals surface area contributed by atoms with Crippen molar-refractivity contribution in [3.05, 3.63) is 41.1 Å². The van der Waals surface area contributed by atoms with Crippen LogP contribution in [0, 0.1) is 0 Å². The quantitative estimate of drug-likeness (QED) is 0.833. The van der Waals surface area contributed by atoms with E-state index in [-0.39, 0.29) is 0 Å². The van der Waals surface area contributed by atoms with Crippen LogP contribution in [0.4, 0.5) is 5.95 Å². The van der Waals surface area contributed by atoms with Gasteiger partial charge in [0, 0.05) is 42.8 Å². The van der Waals surface area contributed by atoms with Crippen molar-refractivity contribution in [2.24, 2.45) is 0 Å². The molecule has 96 valence electrons. The van der Waals surface area contributed by atoms with Crippen molar-refractivity contribution >= 4 is 21.9 Å². The number of nitrogens with one attached hydrogen (secondary N) is 1. The summed E-state index contributed by atoms with van der Waals surface area (Å²) in [6.45, 7) is 1.60. The number of hydrogen-bond donors (Lipinski definition) is 1. The van der Waals surface area contributed by atoms with Gasteiger partial charge in [0.05, 0.1) is 0 Å². The highest BCUT2D eigenvalue weighted by Crippen LogP contribution is 2.17. The Kier molecular flexibility index (Phi) is 4.78. The molecule has 1 aromatic carbocycles. The van der Waals surface area contributed by atoms with Gasteiger partial charge in [-0.25, -0.2) is 4.98 Å². The van der Waals surface area contributed by atoms with Gasteiger partial charge in [0.1, 0.15) is 0 Å². The van der Waals surface area contributed by atoms with E-state index in [4.69, 9.17) is 4.74 Å². The van der Waals surface area contributed by atoms with Gasteiger partial charge in [-0.2, -0.15) is 0 Å². The molecule has 2 rings (SSSR count). The van der Waals surface area contributed by atoms with Crippen molar-refractivity contribution in [1.29, 1.82) is 0 Å². The van der Waals surface area contributed by atoms with E-state index in [0.29, 0.717) is 0 Å². The number of rotatable bonds is 6. The summed E-state index contributed by atoms with van der Waals surface area (Å²) < 4.78 is 8.11. The minimum Gasteiger partial charge on any atom is -0.385 e. The van der Waals surface area contributed by atoms with Crippen LogP contribution in [0.25, 0.3) is 5.69 Å². The van der Waals surface area contributed by atoms with E-state index in [1.165, 1.54) is 0 Å². The van der Waals surface area contributed by atoms with Crippen LogP contribution in [0.3, 0.4) is 0 Å². The average molecular weight is 310 g/mol. The molecule has 0 amide bonds. The Morgan fingerprint density at radius 3 is 2.83 bits per heavy atom. The normalized spacial score (nSPS) is 10.6. The molecule has 0 unspecified atom stereocenters. The van der Waals surface area contributed by atoms with Crippen molar-refractivity contribution in [2.45, 2.75) is 6.42 Å². The zero-order valence-electron chi connectivity index (χ0n) is 10.3. The first-order chi connectivity index (χ1) is 8.81. The molecule has 0 bridgehead atoms. The van der Waals surface area contributed by atoms with Gasteiger partial charge in [-0.1, -0.05) is 15.9 Å². The monoisotopic (exact) mass is 309 g/mol. The van der Waals surface area contributed by atoms with Crippen molar-refractivity contribution in [2.75, 3.05) is 25.6 Å². The second-order valence-electron chi connectivity index (χ2n) is 3.87. The molecule has 1 heterocycles. The van der Waals surface area contributed by atoms with E-state index in [9.17, 15) is 0 Å². The minimum absolute atomic E-state index is 0.756. The molecule has 0 radical (unpaired) electrons. The maximum Gasteiger partial charge on any atom is 0.207 e. The first kappa shape index (κ1) is 13.1. The zero-order valence-corrected chi connectivity index (χ0v) is 11.9. The highest BCUT2D eigenvalue weighted by atomic mass is 79.9. The van der Waals surface area contributed by atoms with Crippen LogP contribution in [0.2, 0.25) is 0 Å². The molecule has 18 heavy (non-hydrogen) atoms. The second kappa shape index (κ2) is 6.56. The van der Waals surface area contributed by atoms with Crippen LogP contribution in [-0.4, -0.2) is 29.8 Å². The summed E-state index contributed by atoms with van der Waals surface area (Å²) in [5.41, 5.74) is 1.09. The van der Waals surface area contributed by atoms with Gasteiger partial charge >= 0.3 is 0 Å². The lowest BCUT2D eigenvalue weighted by atomic mass is 10.3. The van der Waals surface area contributed by atoms with Gasteiger partial charge < -0.3 is 10.1 Å². The van der Waals surface area contributed by atoms with Crippen molar-refractivity contribution < 1.29 is 4.74 Å². The summed E-state index contributed by atoms with van der Waals surface area (Å²) in [6, 6.07) is 8.13. The molecule has 0 saturated heterocycles. The lowest BCUT2D eigenvalue weighted by Gasteiger charge is -2.09. The molecule has 1 aromatic heterocycles. The van der Waals surface area contributed by atoms with E-state index in [1.807, 2.05) is 35.0 Å². The molecule has 0 aliphatic rings. The Morgan fingerprint density at radius 1 is 1.33 bits per heavy atom. The molecule has 0 atom stereocenters. The van der Waals surface area contributed by atoms with Crippen LogP contribution in [0.5, 0.6) is 0 Å². The van der Waals surface area contributed by atoms with E-state index >= 15 is 0 Å². The Balaban J connectivity index is 2.05. The number of nitrogens with zero attached hydrogens (tertiary/aromatic N) is 2. The third-order valence-electron chi connectivity index (χ3n) is 2.55. The molecule has 5 heteroatoms. The summed E-state index contributed by atoms with van der Waals surface area (Å²) in [6.07, 6.45) is 4.70. The molecule has 0 spiro atoms. The Morgan fingerprint density at radius 2 is 2.11 bits per heavy atom. The number of aromatic nitrogens is 2. The first-order valence-corrected chi connectivity index (χ1v) is 6.62. The van der Waals surface area contributed by atoms with Gasteiger partial charge in [0.25, 0.3) is 0 Å². The number of ether oxygens (including phenoxy) is 1. The fourth-order valence-electron chi connectivity index (χ4n) is 1.66. The van der Waals surface area contributed by atoms with Gasteiger partial charge in [0.2, 0.25) is 5.95 Å². The lowest BCUT2D eigenvalue weighted by molar-refractivity contribution is 0.197. The second-order valence-corrected chi connectivity index (χ2v) is 4.79. The fourth-order valence-corrected chi connectivity index (χ4v) is 1.93. The third kappa shape index (κ3) is 3.34. The largest absolute Gasteiger partial charge is 0.385 e. The molecular formula is C13H16BrN3O. The number of halogens is 1. The molecule has 0 aliphatic heterocycles. The first-order valence-electron chi connectivity index (χ1n) is 5.83. The van der Waals surface area contributed by atoms with E-state index in [0.717, 1.165) is 35.7 Å². The number of benzene rings is 1. The molecule has 0 aliphatic carbocycles. The average Bonchev–Trinajstić information content (AvgIpc) is 2.84. The maximum atomic E-state index is 5.02. The molecule has 2 aromatic rings. The number of anilines is 1. The summed E-state index contributed by atoms with van der Waals surface area (Å²) in [5, 5.41) is 3.30. The topological polar surface area (TPSA) is 39.1 Å². The highest BCUT2D eigenvalue weighted by Gasteiger charge is 2.03. The highest BCUT2D eigenvalue weighted by molar-refractivity contribution is 9.10. The molecular weight excluding hydrogens is 294 g/mol. The number of hydrogen-bond acceptors (Lipinski definition) is 3. The number of imidazole rings is 1. The Labute approximate surface area is 115 Å². The molecule has 0 saturated carbocycles. The Hall–Kier alpha value is -1.33. The van der Waals surface area contributed by atoms with Gasteiger partial charge in [-0.05, 0) is 30.7 Å². The van der Waals surface area contributed by atoms with Crippen LogP contribution >= 0.6 is 15.9 Å². The summed E-state index contributed by atoms with van der Waals surface area (Å²) in [7, 11) is 1.71. The minimum atomic E-state index is 0.756. The molecule has 4 nitrogen and oxygen atoms in total. The third-order valence-corrected chi connectivity index (χ3v) is 3.08. The summed E-state index contributed by atoms with van der Waals surface area (Å²) in [5.74, 6) is 0.855. The lowest BCUT2D eigenvalue weighted by Crippen LogP contribution is -2.09. The summed E-state index contributed by atoms with van der Waals surface area (Å²) >= 11 is 3.43.